The molecule has 0 aliphatic heterocycles. The van der Waals surface area contributed by atoms with Crippen LogP contribution in [0, 0.1) is 0 Å². The number of benzene rings is 1. The van der Waals surface area contributed by atoms with Crippen molar-refractivity contribution in [3.05, 3.63) is 18.2 Å². The van der Waals surface area contributed by atoms with Crippen LogP contribution >= 0.6 is 0 Å². The van der Waals surface area contributed by atoms with Gasteiger partial charge >= 0.3 is 5.97 Å². The Morgan fingerprint density at radius 3 is 2.59 bits per heavy atom. The highest BCUT2D eigenvalue weighted by atomic mass is 16.7. The minimum absolute atomic E-state index is 0.159. The van der Waals surface area contributed by atoms with Gasteiger partial charge < -0.3 is 24.8 Å². The van der Waals surface area contributed by atoms with Crippen molar-refractivity contribution >= 4 is 23.3 Å². The first-order chi connectivity index (χ1) is 10.5. The highest BCUT2D eigenvalue weighted by Crippen LogP contribution is 2.27. The Bertz CT molecular complexity index is 519. The van der Waals surface area contributed by atoms with Crippen LogP contribution in [0.1, 0.15) is 20.3 Å². The van der Waals surface area contributed by atoms with Gasteiger partial charge in [0, 0.05) is 26.3 Å². The lowest BCUT2D eigenvalue weighted by molar-refractivity contribution is -0.169. The van der Waals surface area contributed by atoms with Crippen LogP contribution in [0.4, 0.5) is 11.4 Å². The maximum atomic E-state index is 11.5. The molecule has 122 valence electrons. The van der Waals surface area contributed by atoms with Crippen LogP contribution in [0.2, 0.25) is 0 Å². The van der Waals surface area contributed by atoms with E-state index in [1.165, 1.54) is 14.0 Å². The van der Waals surface area contributed by atoms with Crippen molar-refractivity contribution in [1.82, 2.24) is 0 Å². The lowest BCUT2D eigenvalue weighted by Gasteiger charge is -2.14. The molecule has 1 unspecified atom stereocenters. The second kappa shape index (κ2) is 8.89. The average Bonchev–Trinajstić information content (AvgIpc) is 2.46. The van der Waals surface area contributed by atoms with Crippen LogP contribution in [-0.2, 0) is 19.1 Å². The molecule has 0 fully saturated rings. The van der Waals surface area contributed by atoms with Crippen LogP contribution in [-0.4, -0.2) is 38.9 Å². The standard InChI is InChI=1S/C15H22N2O5/c1-10(18)17-12-5-6-14(21-4)13(9-12)16-8-7-15(19)22-11(2)20-3/h5-6,9,11,16H,7-8H2,1-4H3,(H,17,18). The first kappa shape index (κ1) is 17.8. The molecule has 0 aromatic heterocycles. The highest BCUT2D eigenvalue weighted by molar-refractivity contribution is 5.89. The Balaban J connectivity index is 2.59. The molecule has 22 heavy (non-hydrogen) atoms. The number of anilines is 2. The Labute approximate surface area is 129 Å². The number of carbonyl (C=O) groups excluding carboxylic acids is 2. The van der Waals surface area contributed by atoms with Gasteiger partial charge in [0.1, 0.15) is 5.75 Å². The Morgan fingerprint density at radius 1 is 1.27 bits per heavy atom. The second-order valence-electron chi connectivity index (χ2n) is 4.57. The predicted molar refractivity (Wildman–Crippen MR) is 83.0 cm³/mol. The highest BCUT2D eigenvalue weighted by Gasteiger charge is 2.09. The van der Waals surface area contributed by atoms with Crippen molar-refractivity contribution in [2.75, 3.05) is 31.4 Å². The summed E-state index contributed by atoms with van der Waals surface area (Å²) in [6.07, 6.45) is -0.383. The van der Waals surface area contributed by atoms with E-state index in [9.17, 15) is 9.59 Å². The summed E-state index contributed by atoms with van der Waals surface area (Å²) in [5.74, 6) is 0.0970. The zero-order valence-corrected chi connectivity index (χ0v) is 13.3. The third-order valence-electron chi connectivity index (χ3n) is 2.79. The van der Waals surface area contributed by atoms with Crippen molar-refractivity contribution in [3.8, 4) is 5.75 Å². The summed E-state index contributed by atoms with van der Waals surface area (Å²) in [5, 5.41) is 5.77. The second-order valence-corrected chi connectivity index (χ2v) is 4.57. The van der Waals surface area contributed by atoms with E-state index in [2.05, 4.69) is 10.6 Å². The van der Waals surface area contributed by atoms with Crippen LogP contribution < -0.4 is 15.4 Å². The van der Waals surface area contributed by atoms with Gasteiger partial charge in [0.2, 0.25) is 5.91 Å². The van der Waals surface area contributed by atoms with E-state index in [1.54, 1.807) is 32.2 Å². The molecule has 0 radical (unpaired) electrons. The zero-order chi connectivity index (χ0) is 16.5. The number of rotatable bonds is 8. The Morgan fingerprint density at radius 2 is 2.00 bits per heavy atom. The molecule has 0 aliphatic carbocycles. The lowest BCUT2D eigenvalue weighted by atomic mass is 10.2. The monoisotopic (exact) mass is 310 g/mol. The molecule has 7 nitrogen and oxygen atoms in total. The summed E-state index contributed by atoms with van der Waals surface area (Å²) in [4.78, 5) is 22.6. The maximum absolute atomic E-state index is 11.5. The third kappa shape index (κ3) is 6.01. The van der Waals surface area contributed by atoms with Gasteiger partial charge in [-0.25, -0.2) is 0 Å². The van der Waals surface area contributed by atoms with Gasteiger partial charge in [-0.1, -0.05) is 0 Å². The van der Waals surface area contributed by atoms with Crippen LogP contribution in [0.25, 0.3) is 0 Å². The molecule has 1 atom stereocenters. The fourth-order valence-electron chi connectivity index (χ4n) is 1.72. The molecule has 0 heterocycles. The molecule has 2 N–H and O–H groups in total. The van der Waals surface area contributed by atoms with Gasteiger partial charge in [-0.15, -0.1) is 0 Å². The molecular weight excluding hydrogens is 288 g/mol. The van der Waals surface area contributed by atoms with E-state index in [0.717, 1.165) is 0 Å². The van der Waals surface area contributed by atoms with E-state index in [1.807, 2.05) is 0 Å². The number of carbonyl (C=O) groups is 2. The van der Waals surface area contributed by atoms with Crippen molar-refractivity contribution < 1.29 is 23.8 Å². The summed E-state index contributed by atoms with van der Waals surface area (Å²) in [6, 6.07) is 5.21. The Hall–Kier alpha value is -2.28. The summed E-state index contributed by atoms with van der Waals surface area (Å²) >= 11 is 0. The van der Waals surface area contributed by atoms with Crippen LogP contribution in [0.15, 0.2) is 18.2 Å². The average molecular weight is 310 g/mol. The van der Waals surface area contributed by atoms with Crippen LogP contribution in [0.5, 0.6) is 5.75 Å². The number of methoxy groups -OCH3 is 2. The number of esters is 1. The summed E-state index contributed by atoms with van der Waals surface area (Å²) in [7, 11) is 3.02. The minimum atomic E-state index is -0.565. The van der Waals surface area contributed by atoms with E-state index < -0.39 is 6.29 Å². The molecular formula is C15H22N2O5. The fourth-order valence-corrected chi connectivity index (χ4v) is 1.72. The molecule has 7 heteroatoms. The first-order valence-corrected chi connectivity index (χ1v) is 6.88. The third-order valence-corrected chi connectivity index (χ3v) is 2.79. The molecule has 0 saturated carbocycles. The van der Waals surface area contributed by atoms with Gasteiger partial charge in [0.15, 0.2) is 6.29 Å². The minimum Gasteiger partial charge on any atom is -0.495 e. The van der Waals surface area contributed by atoms with Gasteiger partial charge in [-0.2, -0.15) is 0 Å². The van der Waals surface area contributed by atoms with E-state index >= 15 is 0 Å². The SMILES string of the molecule is COc1ccc(NC(C)=O)cc1NCCC(=O)OC(C)OC. The van der Waals surface area contributed by atoms with Crippen molar-refractivity contribution in [2.45, 2.75) is 26.6 Å². The summed E-state index contributed by atoms with van der Waals surface area (Å²) in [5.41, 5.74) is 1.33. The number of nitrogens with one attached hydrogen (secondary N) is 2. The molecule has 0 saturated heterocycles. The molecule has 1 rings (SSSR count). The van der Waals surface area contributed by atoms with E-state index in [4.69, 9.17) is 14.2 Å². The Kier molecular flexibility index (Phi) is 7.18. The zero-order valence-electron chi connectivity index (χ0n) is 13.3. The van der Waals surface area contributed by atoms with Crippen LogP contribution in [0.3, 0.4) is 0 Å². The molecule has 0 aliphatic rings. The normalized spacial score (nSPS) is 11.5. The lowest BCUT2D eigenvalue weighted by Crippen LogP contribution is -2.19. The van der Waals surface area contributed by atoms with Crippen molar-refractivity contribution in [2.24, 2.45) is 0 Å². The number of ether oxygens (including phenoxy) is 3. The smallest absolute Gasteiger partial charge is 0.309 e. The number of hydrogen-bond acceptors (Lipinski definition) is 6. The van der Waals surface area contributed by atoms with Gasteiger partial charge in [-0.05, 0) is 25.1 Å². The predicted octanol–water partition coefficient (Wildman–Crippen LogP) is 1.99. The summed E-state index contributed by atoms with van der Waals surface area (Å²) in [6.45, 7) is 3.45. The maximum Gasteiger partial charge on any atom is 0.309 e. The number of amides is 1. The van der Waals surface area contributed by atoms with Gasteiger partial charge in [0.05, 0.1) is 19.2 Å². The van der Waals surface area contributed by atoms with E-state index in [0.29, 0.717) is 23.7 Å². The number of hydrogen-bond donors (Lipinski definition) is 2. The molecule has 0 bridgehead atoms. The van der Waals surface area contributed by atoms with Crippen molar-refractivity contribution in [1.29, 1.82) is 0 Å². The fraction of sp³-hybridized carbons (Fsp3) is 0.467. The van der Waals surface area contributed by atoms with Gasteiger partial charge in [-0.3, -0.25) is 9.59 Å². The topological polar surface area (TPSA) is 85.9 Å². The van der Waals surface area contributed by atoms with E-state index in [-0.39, 0.29) is 18.3 Å². The molecule has 1 aromatic rings. The first-order valence-electron chi connectivity index (χ1n) is 6.88. The van der Waals surface area contributed by atoms with Crippen molar-refractivity contribution in [3.63, 3.8) is 0 Å². The molecule has 0 spiro atoms. The van der Waals surface area contributed by atoms with Gasteiger partial charge in [0.25, 0.3) is 0 Å². The molecule has 1 amide bonds. The quantitative estimate of drug-likeness (QED) is 0.564. The summed E-state index contributed by atoms with van der Waals surface area (Å²) < 4.78 is 15.1. The largest absolute Gasteiger partial charge is 0.495 e. The molecule has 1 aromatic carbocycles.